The van der Waals surface area contributed by atoms with Gasteiger partial charge < -0.3 is 0 Å². The van der Waals surface area contributed by atoms with E-state index in [-0.39, 0.29) is 0 Å². The van der Waals surface area contributed by atoms with Gasteiger partial charge in [-0.15, -0.1) is 0 Å². The second-order valence-electron chi connectivity index (χ2n) is 25.8. The molecule has 10 heterocycles. The van der Waals surface area contributed by atoms with Gasteiger partial charge in [-0.3, -0.25) is 9.97 Å². The lowest BCUT2D eigenvalue weighted by Crippen LogP contribution is -2.32. The molecule has 0 atom stereocenters. The van der Waals surface area contributed by atoms with Gasteiger partial charge in [0.1, 0.15) is 70.2 Å². The van der Waals surface area contributed by atoms with Crippen molar-refractivity contribution in [1.29, 1.82) is 0 Å². The first-order valence-corrected chi connectivity index (χ1v) is 33.0. The van der Waals surface area contributed by atoms with Crippen LogP contribution >= 0.6 is 0 Å². The summed E-state index contributed by atoms with van der Waals surface area (Å²) < 4.78 is 95.5. The molecule has 14 nitrogen and oxygen atoms in total. The molecule has 4 aromatic carbocycles. The summed E-state index contributed by atoms with van der Waals surface area (Å²) in [4.78, 5) is 9.31. The van der Waals surface area contributed by atoms with E-state index in [9.17, 15) is 17.6 Å². The lowest BCUT2D eigenvalue weighted by molar-refractivity contribution is -0.660. The van der Waals surface area contributed by atoms with Crippen molar-refractivity contribution in [3.8, 4) is 90.6 Å². The van der Waals surface area contributed by atoms with Gasteiger partial charge >= 0.3 is 6.18 Å². The average Bonchev–Trinajstić information content (AvgIpc) is 1.53. The summed E-state index contributed by atoms with van der Waals surface area (Å²) in [5.41, 5.74) is 19.8. The maximum atomic E-state index is 15.0. The first-order valence-electron chi connectivity index (χ1n) is 33.0. The number of nitrogens with zero attached hydrogens (tertiary/aromatic N) is 14. The van der Waals surface area contributed by atoms with E-state index in [0.29, 0.717) is 39.3 Å². The number of hydrogen-bond donors (Lipinski definition) is 0. The molecular formula is C81H87F5N14+8. The average molecular weight is 1350 g/mol. The Hall–Kier alpha value is -11.2. The molecular weight excluding hydrogens is 1260 g/mol. The monoisotopic (exact) mass is 1350 g/mol. The fraction of sp³-hybridized carbons (Fsp3) is 0.235. The summed E-state index contributed by atoms with van der Waals surface area (Å²) in [5, 5.41) is 0. The van der Waals surface area contributed by atoms with Crippen LogP contribution in [0.15, 0.2) is 201 Å². The molecule has 0 aliphatic carbocycles. The van der Waals surface area contributed by atoms with Gasteiger partial charge in [0.2, 0.25) is 22.8 Å². The molecule has 10 aromatic heterocycles. The van der Waals surface area contributed by atoms with Gasteiger partial charge in [-0.05, 0) is 124 Å². The molecule has 0 unspecified atom stereocenters. The Morgan fingerprint density at radius 3 is 1.25 bits per heavy atom. The third kappa shape index (κ3) is 13.1. The largest absolute Gasteiger partial charge is 0.416 e. The normalized spacial score (nSPS) is 11.3. The summed E-state index contributed by atoms with van der Waals surface area (Å²) in [5.74, 6) is 2.64. The van der Waals surface area contributed by atoms with Gasteiger partial charge in [0.25, 0.3) is 23.3 Å². The topological polar surface area (TPSA) is 76.5 Å². The number of hydrogen-bond acceptors (Lipinski definition) is 2. The number of aryl methyl sites for hydroxylation is 14. The number of imidazole rings is 4. The van der Waals surface area contributed by atoms with E-state index in [1.807, 2.05) is 198 Å². The summed E-state index contributed by atoms with van der Waals surface area (Å²) in [7, 11) is 23.7. The maximum Gasteiger partial charge on any atom is 0.416 e. The van der Waals surface area contributed by atoms with Crippen molar-refractivity contribution in [2.24, 2.45) is 84.6 Å². The zero-order chi connectivity index (χ0) is 71.9. The Labute approximate surface area is 581 Å². The molecule has 0 radical (unpaired) electrons. The summed E-state index contributed by atoms with van der Waals surface area (Å²) in [6.07, 6.45) is 15.6. The molecule has 14 aromatic rings. The first kappa shape index (κ1) is 70.1. The van der Waals surface area contributed by atoms with Crippen molar-refractivity contribution in [3.05, 3.63) is 252 Å². The number of halogens is 5. The molecule has 0 saturated carbocycles. The van der Waals surface area contributed by atoms with Crippen LogP contribution in [-0.4, -0.2) is 28.2 Å². The van der Waals surface area contributed by atoms with Crippen LogP contribution in [0.2, 0.25) is 0 Å². The van der Waals surface area contributed by atoms with Crippen LogP contribution in [0.4, 0.5) is 22.0 Å². The minimum atomic E-state index is -4.44. The van der Waals surface area contributed by atoms with Gasteiger partial charge in [0.05, 0.1) is 112 Å². The minimum absolute atomic E-state index is 0.413. The number of benzene rings is 4. The SMILES string of the molecule is Cc1c(-c2cccc[n+]2C)c(F)cc(F)c1-c1n(C)c2ccccc2[n+]1C.Cc1c(-c2cccc[n+]2C)cc(C(F)(F)F)cc1-c1n(C)c2ccccc2[n+]1C.Cc1c(-c2cccc[n+]2C)cncc1-c1n(C)cc[n+]1C.Cc1nc(C)c(-c2n(C)cc[n+]2C)c(C)c1-c1cccc[n+]1C. The van der Waals surface area contributed by atoms with E-state index in [1.165, 1.54) is 51.6 Å². The molecule has 14 rings (SSSR count). The number of rotatable bonds is 8. The van der Waals surface area contributed by atoms with Crippen molar-refractivity contribution < 1.29 is 58.5 Å². The Balaban J connectivity index is 0.000000135. The van der Waals surface area contributed by atoms with Gasteiger partial charge in [0, 0.05) is 67.0 Å². The number of pyridine rings is 6. The van der Waals surface area contributed by atoms with E-state index in [2.05, 4.69) is 164 Å². The Morgan fingerprint density at radius 2 is 0.760 bits per heavy atom. The van der Waals surface area contributed by atoms with Gasteiger partial charge in [0.15, 0.2) is 46.9 Å². The molecule has 100 heavy (non-hydrogen) atoms. The standard InChI is InChI=1S/C23H22F3N3.C22H21F2N3.C19H24N4.C17H20N4/c1-15-17(19-9-7-8-12-27(19)2)13-16(23(24,25)26)14-18(15)22-28(3)20-10-5-6-11-21(20)29(22)4;1-14-20(19-11-7-8-12-25(19)2)15(23)13-16(24)21(14)22-26(3)17-9-5-6-10-18(17)27(22)4;1-13-17(16-9-7-8-10-21(16)4)14(2)20-15(3)18(13)19-22(5)11-12-23(19)6;1-13-14(16-7-5-6-8-19(16)2)11-18-12-15(13)17-20(3)9-10-21(17)4/h5-14H,1-4H3;5-13H,1-4H3;7-12H,1-6H3;5-12H,1-4H3/q4*+2. The molecule has 0 spiro atoms. The van der Waals surface area contributed by atoms with Crippen molar-refractivity contribution in [2.45, 2.75) is 47.7 Å². The van der Waals surface area contributed by atoms with Crippen LogP contribution in [-0.2, 0) is 90.7 Å². The quantitative estimate of drug-likeness (QED) is 0.112. The molecule has 0 aliphatic rings. The third-order valence-corrected chi connectivity index (χ3v) is 19.3. The van der Waals surface area contributed by atoms with Crippen LogP contribution in [0.25, 0.3) is 113 Å². The van der Waals surface area contributed by atoms with Crippen LogP contribution in [0.1, 0.15) is 39.2 Å². The first-order chi connectivity index (χ1) is 47.6. The third-order valence-electron chi connectivity index (χ3n) is 19.3. The second-order valence-corrected chi connectivity index (χ2v) is 25.8. The zero-order valence-corrected chi connectivity index (χ0v) is 60.2. The highest BCUT2D eigenvalue weighted by Gasteiger charge is 2.37. The molecule has 0 bridgehead atoms. The van der Waals surface area contributed by atoms with E-state index < -0.39 is 23.4 Å². The predicted molar refractivity (Wildman–Crippen MR) is 378 cm³/mol. The molecule has 0 amide bonds. The fourth-order valence-electron chi connectivity index (χ4n) is 14.2. The number of aromatic nitrogens is 14. The van der Waals surface area contributed by atoms with E-state index in [4.69, 9.17) is 4.98 Å². The zero-order valence-electron chi connectivity index (χ0n) is 60.2. The Morgan fingerprint density at radius 1 is 0.360 bits per heavy atom. The fourth-order valence-corrected chi connectivity index (χ4v) is 14.2. The number of alkyl halides is 3. The van der Waals surface area contributed by atoms with Gasteiger partial charge in [-0.2, -0.15) is 13.2 Å². The van der Waals surface area contributed by atoms with E-state index >= 15 is 4.39 Å². The summed E-state index contributed by atoms with van der Waals surface area (Å²) >= 11 is 0. The number of para-hydroxylation sites is 4. The Kier molecular flexibility index (Phi) is 19.9. The van der Waals surface area contributed by atoms with Crippen LogP contribution in [0.5, 0.6) is 0 Å². The van der Waals surface area contributed by atoms with E-state index in [0.717, 1.165) is 73.6 Å². The highest BCUT2D eigenvalue weighted by molar-refractivity contribution is 5.82. The molecule has 0 N–H and O–H groups in total. The molecule has 0 fully saturated rings. The van der Waals surface area contributed by atoms with Crippen LogP contribution in [0.3, 0.4) is 0 Å². The molecule has 19 heteroatoms. The van der Waals surface area contributed by atoms with E-state index in [1.54, 1.807) is 6.92 Å². The van der Waals surface area contributed by atoms with Crippen molar-refractivity contribution >= 4 is 22.1 Å². The molecule has 508 valence electrons. The lowest BCUT2D eigenvalue weighted by atomic mass is 9.95. The Bertz CT molecular complexity index is 5340. The molecule has 0 aliphatic heterocycles. The highest BCUT2D eigenvalue weighted by Crippen LogP contribution is 2.40. The van der Waals surface area contributed by atoms with Crippen molar-refractivity contribution in [1.82, 2.24) is 28.2 Å². The smallest absolute Gasteiger partial charge is 0.263 e. The van der Waals surface area contributed by atoms with Crippen LogP contribution < -0.4 is 36.5 Å². The predicted octanol–water partition coefficient (Wildman–Crippen LogP) is 12.3. The number of fused-ring (bicyclic) bond motifs is 2. The lowest BCUT2D eigenvalue weighted by Gasteiger charge is -2.14. The minimum Gasteiger partial charge on any atom is -0.263 e. The molecule has 0 saturated heterocycles. The van der Waals surface area contributed by atoms with Crippen molar-refractivity contribution in [2.75, 3.05) is 0 Å². The van der Waals surface area contributed by atoms with Crippen molar-refractivity contribution in [3.63, 3.8) is 0 Å². The van der Waals surface area contributed by atoms with Crippen LogP contribution in [0, 0.1) is 53.2 Å². The van der Waals surface area contributed by atoms with Gasteiger partial charge in [-0.25, -0.2) is 63.6 Å². The van der Waals surface area contributed by atoms with Gasteiger partial charge in [-0.1, -0.05) is 24.3 Å². The summed E-state index contributed by atoms with van der Waals surface area (Å²) in [6.45, 7) is 12.2. The summed E-state index contributed by atoms with van der Waals surface area (Å²) in [6, 6.07) is 42.8. The maximum absolute atomic E-state index is 15.0. The highest BCUT2D eigenvalue weighted by atomic mass is 19.4. The second kappa shape index (κ2) is 28.3.